The first-order valence-corrected chi connectivity index (χ1v) is 12.7. The zero-order valence-corrected chi connectivity index (χ0v) is 21.4. The van der Waals surface area contributed by atoms with Crippen LogP contribution in [0.4, 0.5) is 4.39 Å². The predicted octanol–water partition coefficient (Wildman–Crippen LogP) is 7.39. The zero-order chi connectivity index (χ0) is 25.2. The molecule has 4 rings (SSSR count). The minimum atomic E-state index is -1.01. The standard InChI is InChI=1S/C30H28FO3S/c1-20-6-11-27-24(16-20)13-15-35(27)26-17-21(2)29(22(3)18-26)33-19-28(32)34-30(4,5)14-12-23-7-9-25(31)10-8-23/h6-11,13,15-18H,19H2,1-5H3/q+1. The van der Waals surface area contributed by atoms with Crippen molar-refractivity contribution in [3.8, 4) is 22.5 Å². The van der Waals surface area contributed by atoms with Crippen molar-refractivity contribution in [1.29, 1.82) is 0 Å². The van der Waals surface area contributed by atoms with Crippen LogP contribution >= 0.6 is 10.5 Å². The SMILES string of the molecule is Cc1ccc2c(cc[s+]2-c2cc(C)c(OCC(=O)OC(C)(C)C#Cc3ccc(F)cc3)c(C)c2)c1. The van der Waals surface area contributed by atoms with Crippen molar-refractivity contribution in [1.82, 2.24) is 0 Å². The van der Waals surface area contributed by atoms with Gasteiger partial charge >= 0.3 is 5.97 Å². The molecular formula is C30H28FO3S+. The minimum Gasteiger partial charge on any atom is -0.481 e. The van der Waals surface area contributed by atoms with Crippen LogP contribution in [0.3, 0.4) is 0 Å². The molecule has 0 fully saturated rings. The van der Waals surface area contributed by atoms with Crippen LogP contribution in [0, 0.1) is 38.4 Å². The summed E-state index contributed by atoms with van der Waals surface area (Å²) in [7, 11) is -0.112. The average Bonchev–Trinajstić information content (AvgIpc) is 3.21. The van der Waals surface area contributed by atoms with Gasteiger partial charge in [-0.25, -0.2) is 9.18 Å². The number of hydrogen-bond donors (Lipinski definition) is 0. The molecule has 0 saturated carbocycles. The number of benzene rings is 3. The maximum atomic E-state index is 13.1. The van der Waals surface area contributed by atoms with Crippen LogP contribution in [-0.4, -0.2) is 18.2 Å². The van der Waals surface area contributed by atoms with Gasteiger partial charge in [0.25, 0.3) is 0 Å². The number of carbonyl (C=O) groups is 1. The molecule has 5 heteroatoms. The molecule has 0 amide bonds. The molecule has 3 aromatic carbocycles. The smallest absolute Gasteiger partial charge is 0.345 e. The largest absolute Gasteiger partial charge is 0.481 e. The normalized spacial score (nSPS) is 11.7. The monoisotopic (exact) mass is 487 g/mol. The summed E-state index contributed by atoms with van der Waals surface area (Å²) in [6, 6.07) is 18.9. The summed E-state index contributed by atoms with van der Waals surface area (Å²) >= 11 is 0. The van der Waals surface area contributed by atoms with Crippen LogP contribution in [0.2, 0.25) is 0 Å². The molecule has 35 heavy (non-hydrogen) atoms. The third-order valence-corrected chi connectivity index (χ3v) is 7.53. The van der Waals surface area contributed by atoms with Crippen LogP contribution in [0.25, 0.3) is 15.0 Å². The molecule has 0 N–H and O–H groups in total. The first-order chi connectivity index (χ1) is 16.6. The molecule has 0 aliphatic rings. The van der Waals surface area contributed by atoms with Gasteiger partial charge in [-0.3, -0.25) is 0 Å². The molecule has 1 heterocycles. The lowest BCUT2D eigenvalue weighted by molar-refractivity contribution is -0.154. The quantitative estimate of drug-likeness (QED) is 0.167. The van der Waals surface area contributed by atoms with E-state index < -0.39 is 11.6 Å². The molecule has 0 bridgehead atoms. The Kier molecular flexibility index (Phi) is 6.95. The Morgan fingerprint density at radius 1 is 0.971 bits per heavy atom. The highest BCUT2D eigenvalue weighted by molar-refractivity contribution is 7.43. The van der Waals surface area contributed by atoms with Crippen molar-refractivity contribution in [3.63, 3.8) is 0 Å². The number of hydrogen-bond acceptors (Lipinski definition) is 3. The summed E-state index contributed by atoms with van der Waals surface area (Å²) in [5, 5.41) is 3.53. The van der Waals surface area contributed by atoms with Gasteiger partial charge in [0.2, 0.25) is 0 Å². The molecule has 0 saturated heterocycles. The number of ether oxygens (including phenoxy) is 2. The van der Waals surface area contributed by atoms with E-state index in [0.717, 1.165) is 11.1 Å². The van der Waals surface area contributed by atoms with Gasteiger partial charge in [0.05, 0.1) is 0 Å². The van der Waals surface area contributed by atoms with Gasteiger partial charge in [-0.05, 0) is 82.1 Å². The summed E-state index contributed by atoms with van der Waals surface area (Å²) in [6.07, 6.45) is 0. The lowest BCUT2D eigenvalue weighted by Gasteiger charge is -2.19. The Bertz CT molecular complexity index is 1430. The van der Waals surface area contributed by atoms with E-state index in [1.54, 1.807) is 26.0 Å². The van der Waals surface area contributed by atoms with Crippen LogP contribution in [0.1, 0.15) is 36.1 Å². The molecule has 1 unspecified atom stereocenters. The first kappa shape index (κ1) is 24.5. The van der Waals surface area contributed by atoms with Crippen LogP contribution < -0.4 is 4.74 Å². The number of rotatable bonds is 5. The number of aryl methyl sites for hydroxylation is 3. The Morgan fingerprint density at radius 2 is 1.66 bits per heavy atom. The highest BCUT2D eigenvalue weighted by Crippen LogP contribution is 2.42. The second kappa shape index (κ2) is 9.93. The van der Waals surface area contributed by atoms with Crippen molar-refractivity contribution in [2.75, 3.05) is 6.61 Å². The second-order valence-electron chi connectivity index (χ2n) is 9.10. The van der Waals surface area contributed by atoms with E-state index in [1.807, 2.05) is 13.8 Å². The highest BCUT2D eigenvalue weighted by Gasteiger charge is 2.22. The molecule has 4 aromatic rings. The van der Waals surface area contributed by atoms with Gasteiger partial charge < -0.3 is 9.47 Å². The molecule has 0 spiro atoms. The number of carbonyl (C=O) groups excluding carboxylic acids is 1. The Balaban J connectivity index is 1.44. The van der Waals surface area contributed by atoms with Crippen LogP contribution in [-0.2, 0) is 9.53 Å². The fraction of sp³-hybridized carbons (Fsp3) is 0.233. The molecule has 178 valence electrons. The summed E-state index contributed by atoms with van der Waals surface area (Å²) in [4.78, 5) is 13.7. The van der Waals surface area contributed by atoms with E-state index in [9.17, 15) is 9.18 Å². The second-order valence-corrected chi connectivity index (χ2v) is 11.0. The molecule has 1 aromatic heterocycles. The van der Waals surface area contributed by atoms with E-state index in [2.05, 4.69) is 60.5 Å². The van der Waals surface area contributed by atoms with E-state index in [4.69, 9.17) is 9.47 Å². The van der Waals surface area contributed by atoms with Gasteiger partial charge in [-0.1, -0.05) is 23.5 Å². The van der Waals surface area contributed by atoms with E-state index in [1.165, 1.54) is 32.7 Å². The minimum absolute atomic E-state index is 0.112. The van der Waals surface area contributed by atoms with Crippen LogP contribution in [0.5, 0.6) is 5.75 Å². The third-order valence-electron chi connectivity index (χ3n) is 5.53. The third kappa shape index (κ3) is 5.90. The lowest BCUT2D eigenvalue weighted by Crippen LogP contribution is -2.29. The van der Waals surface area contributed by atoms with E-state index >= 15 is 0 Å². The fourth-order valence-electron chi connectivity index (χ4n) is 3.91. The molecular weight excluding hydrogens is 459 g/mol. The molecule has 0 aliphatic heterocycles. The van der Waals surface area contributed by atoms with Crippen molar-refractivity contribution < 1.29 is 18.7 Å². The summed E-state index contributed by atoms with van der Waals surface area (Å²) in [5.41, 5.74) is 2.85. The van der Waals surface area contributed by atoms with Crippen molar-refractivity contribution in [2.45, 2.75) is 40.2 Å². The number of esters is 1. The topological polar surface area (TPSA) is 35.5 Å². The Hall–Kier alpha value is -3.62. The number of fused-ring (bicyclic) bond motifs is 1. The molecule has 3 nitrogen and oxygen atoms in total. The van der Waals surface area contributed by atoms with Gasteiger partial charge in [-0.2, -0.15) is 0 Å². The van der Waals surface area contributed by atoms with Gasteiger partial charge in [0, 0.05) is 39.6 Å². The zero-order valence-electron chi connectivity index (χ0n) is 20.6. The van der Waals surface area contributed by atoms with Gasteiger partial charge in [-0.15, -0.1) is 0 Å². The number of thiophene rings is 1. The van der Waals surface area contributed by atoms with E-state index in [-0.39, 0.29) is 22.9 Å². The van der Waals surface area contributed by atoms with Gasteiger partial charge in [0.15, 0.2) is 21.8 Å². The molecule has 0 radical (unpaired) electrons. The Labute approximate surface area is 208 Å². The summed E-state index contributed by atoms with van der Waals surface area (Å²) < 4.78 is 25.8. The maximum Gasteiger partial charge on any atom is 0.345 e. The number of halogens is 1. The van der Waals surface area contributed by atoms with Crippen molar-refractivity contribution >= 4 is 26.5 Å². The average molecular weight is 488 g/mol. The van der Waals surface area contributed by atoms with E-state index in [0.29, 0.717) is 11.3 Å². The van der Waals surface area contributed by atoms with Crippen molar-refractivity contribution in [2.24, 2.45) is 0 Å². The lowest BCUT2D eigenvalue weighted by atomic mass is 10.1. The maximum absolute atomic E-state index is 13.1. The molecule has 1 atom stereocenters. The van der Waals surface area contributed by atoms with Crippen molar-refractivity contribution in [3.05, 3.63) is 94.1 Å². The van der Waals surface area contributed by atoms with Gasteiger partial charge in [0.1, 0.15) is 16.9 Å². The first-order valence-electron chi connectivity index (χ1n) is 11.4. The van der Waals surface area contributed by atoms with Crippen LogP contribution in [0.15, 0.2) is 66.0 Å². The summed E-state index contributed by atoms with van der Waals surface area (Å²) in [6.45, 7) is 9.30. The highest BCUT2D eigenvalue weighted by atomic mass is 32.2. The Morgan fingerprint density at radius 3 is 2.34 bits per heavy atom. The predicted molar refractivity (Wildman–Crippen MR) is 141 cm³/mol. The fourth-order valence-corrected chi connectivity index (χ4v) is 5.95. The molecule has 0 aliphatic carbocycles. The summed E-state index contributed by atoms with van der Waals surface area (Å²) in [5.74, 6) is 5.70.